The molecule has 0 radical (unpaired) electrons. The van der Waals surface area contributed by atoms with Crippen molar-refractivity contribution in [2.45, 2.75) is 72.1 Å². The summed E-state index contributed by atoms with van der Waals surface area (Å²) < 4.78 is 0. The molecule has 0 spiro atoms. The molecule has 0 aromatic carbocycles. The van der Waals surface area contributed by atoms with E-state index in [0.29, 0.717) is 10.8 Å². The molecule has 0 aromatic heterocycles. The fraction of sp³-hybridized carbons (Fsp3) is 0.810. The Morgan fingerprint density at radius 1 is 1.05 bits per heavy atom. The van der Waals surface area contributed by atoms with E-state index in [1.54, 1.807) is 5.57 Å². The van der Waals surface area contributed by atoms with Crippen LogP contribution in [0.4, 0.5) is 0 Å². The fourth-order valence-electron chi connectivity index (χ4n) is 6.75. The maximum absolute atomic E-state index is 4.44. The lowest BCUT2D eigenvalue weighted by atomic mass is 9.47. The summed E-state index contributed by atoms with van der Waals surface area (Å²) in [5.74, 6) is 3.76. The molecule has 0 aliphatic heterocycles. The van der Waals surface area contributed by atoms with Gasteiger partial charge in [-0.15, -0.1) is 0 Å². The van der Waals surface area contributed by atoms with Gasteiger partial charge in [-0.05, 0) is 85.9 Å². The molecule has 0 nitrogen and oxygen atoms in total. The third-order valence-electron chi connectivity index (χ3n) is 8.30. The molecular formula is C21H32. The van der Waals surface area contributed by atoms with E-state index in [4.69, 9.17) is 0 Å². The smallest absolute Gasteiger partial charge is 0.00851 e. The Hall–Kier alpha value is -0.520. The molecule has 0 aromatic rings. The average Bonchev–Trinajstić information content (AvgIpc) is 2.76. The highest BCUT2D eigenvalue weighted by molar-refractivity contribution is 5.28. The summed E-state index contributed by atoms with van der Waals surface area (Å²) in [6.07, 6.45) is 13.9. The van der Waals surface area contributed by atoms with E-state index in [2.05, 4.69) is 33.4 Å². The van der Waals surface area contributed by atoms with Crippen LogP contribution in [0, 0.1) is 34.5 Å². The quantitative estimate of drug-likeness (QED) is 0.469. The summed E-state index contributed by atoms with van der Waals surface area (Å²) in [6.45, 7) is 12.0. The summed E-state index contributed by atoms with van der Waals surface area (Å²) in [6, 6.07) is 0. The van der Waals surface area contributed by atoms with Gasteiger partial charge in [-0.1, -0.05) is 44.6 Å². The zero-order valence-corrected chi connectivity index (χ0v) is 14.3. The lowest BCUT2D eigenvalue weighted by molar-refractivity contribution is -0.0172. The van der Waals surface area contributed by atoms with Gasteiger partial charge in [0.05, 0.1) is 0 Å². The highest BCUT2D eigenvalue weighted by Gasteiger charge is 2.56. The monoisotopic (exact) mass is 284 g/mol. The Labute approximate surface area is 131 Å². The third kappa shape index (κ3) is 1.80. The van der Waals surface area contributed by atoms with Gasteiger partial charge in [0.2, 0.25) is 0 Å². The molecule has 3 saturated carbocycles. The number of fused-ring (bicyclic) bond motifs is 5. The SMILES string of the molecule is C=C1CC[C@H]2[C@@H]3CC=C4C[C@@H](C)CC[C@]4(C)[C@H]3CC[C@]12C. The van der Waals surface area contributed by atoms with Crippen molar-refractivity contribution < 1.29 is 0 Å². The van der Waals surface area contributed by atoms with Gasteiger partial charge in [-0.25, -0.2) is 0 Å². The van der Waals surface area contributed by atoms with Gasteiger partial charge in [-0.2, -0.15) is 0 Å². The van der Waals surface area contributed by atoms with Crippen LogP contribution in [-0.2, 0) is 0 Å². The minimum atomic E-state index is 0.477. The largest absolute Gasteiger partial charge is 0.0993 e. The maximum Gasteiger partial charge on any atom is -0.00851 e. The first-order valence-corrected chi connectivity index (χ1v) is 9.33. The molecule has 21 heavy (non-hydrogen) atoms. The Balaban J connectivity index is 1.69. The molecule has 3 fully saturated rings. The highest BCUT2D eigenvalue weighted by atomic mass is 14.6. The average molecular weight is 284 g/mol. The zero-order chi connectivity index (χ0) is 14.8. The molecule has 0 heterocycles. The second-order valence-corrected chi connectivity index (χ2v) is 9.21. The normalized spacial score (nSPS) is 52.7. The number of allylic oxidation sites excluding steroid dienone is 3. The molecule has 0 N–H and O–H groups in total. The second kappa shape index (κ2) is 4.49. The molecule has 0 amide bonds. The standard InChI is InChI=1S/C21H32/c1-14-9-11-21(4)16(13-14)6-7-17-18-8-5-15(2)20(18,3)12-10-19(17)21/h6,14,17-19H,2,5,7-13H2,1,3-4H3/t14-,17-,18-,19-,20+,21-/m0/s1. The summed E-state index contributed by atoms with van der Waals surface area (Å²) in [5.41, 5.74) is 4.43. The lowest BCUT2D eigenvalue weighted by Gasteiger charge is -2.57. The van der Waals surface area contributed by atoms with Crippen molar-refractivity contribution in [3.63, 3.8) is 0 Å². The number of hydrogen-bond acceptors (Lipinski definition) is 0. The molecule has 6 atom stereocenters. The Morgan fingerprint density at radius 2 is 1.76 bits per heavy atom. The first kappa shape index (κ1) is 14.1. The van der Waals surface area contributed by atoms with Crippen LogP contribution in [0.5, 0.6) is 0 Å². The van der Waals surface area contributed by atoms with Crippen LogP contribution in [-0.4, -0.2) is 0 Å². The number of rotatable bonds is 0. The molecule has 116 valence electrons. The van der Waals surface area contributed by atoms with Crippen molar-refractivity contribution in [2.24, 2.45) is 34.5 Å². The van der Waals surface area contributed by atoms with E-state index < -0.39 is 0 Å². The first-order valence-electron chi connectivity index (χ1n) is 9.33. The predicted octanol–water partition coefficient (Wildman–Crippen LogP) is 6.14. The number of hydrogen-bond donors (Lipinski definition) is 0. The lowest BCUT2D eigenvalue weighted by Crippen LogP contribution is -2.48. The van der Waals surface area contributed by atoms with E-state index in [0.717, 1.165) is 23.7 Å². The third-order valence-corrected chi connectivity index (χ3v) is 8.30. The van der Waals surface area contributed by atoms with Crippen LogP contribution in [0.1, 0.15) is 72.1 Å². The topological polar surface area (TPSA) is 0 Å². The van der Waals surface area contributed by atoms with Gasteiger partial charge in [0.25, 0.3) is 0 Å². The van der Waals surface area contributed by atoms with Crippen molar-refractivity contribution in [3.05, 3.63) is 23.8 Å². The predicted molar refractivity (Wildman–Crippen MR) is 90.0 cm³/mol. The Morgan fingerprint density at radius 3 is 2.57 bits per heavy atom. The molecule has 0 bridgehead atoms. The van der Waals surface area contributed by atoms with E-state index >= 15 is 0 Å². The van der Waals surface area contributed by atoms with Crippen LogP contribution in [0.15, 0.2) is 23.8 Å². The molecule has 0 heteroatoms. The van der Waals surface area contributed by atoms with Crippen molar-refractivity contribution in [1.82, 2.24) is 0 Å². The summed E-state index contributed by atoms with van der Waals surface area (Å²) in [5, 5.41) is 0. The second-order valence-electron chi connectivity index (χ2n) is 9.21. The van der Waals surface area contributed by atoms with Crippen LogP contribution < -0.4 is 0 Å². The van der Waals surface area contributed by atoms with Gasteiger partial charge in [0.15, 0.2) is 0 Å². The molecular weight excluding hydrogens is 252 g/mol. The molecule has 4 aliphatic carbocycles. The molecule has 0 saturated heterocycles. The van der Waals surface area contributed by atoms with E-state index in [1.807, 2.05) is 5.57 Å². The maximum atomic E-state index is 4.44. The first-order chi connectivity index (χ1) is 9.95. The van der Waals surface area contributed by atoms with Gasteiger partial charge in [0, 0.05) is 0 Å². The van der Waals surface area contributed by atoms with Gasteiger partial charge < -0.3 is 0 Å². The van der Waals surface area contributed by atoms with Gasteiger partial charge in [0.1, 0.15) is 0 Å². The van der Waals surface area contributed by atoms with Crippen LogP contribution in [0.2, 0.25) is 0 Å². The van der Waals surface area contributed by atoms with Crippen LogP contribution in [0.3, 0.4) is 0 Å². The summed E-state index contributed by atoms with van der Waals surface area (Å²) in [4.78, 5) is 0. The van der Waals surface area contributed by atoms with E-state index in [-0.39, 0.29) is 0 Å². The Bertz CT molecular complexity index is 498. The van der Waals surface area contributed by atoms with Crippen molar-refractivity contribution in [3.8, 4) is 0 Å². The van der Waals surface area contributed by atoms with Crippen molar-refractivity contribution in [1.29, 1.82) is 0 Å². The fourth-order valence-corrected chi connectivity index (χ4v) is 6.75. The minimum Gasteiger partial charge on any atom is -0.0993 e. The van der Waals surface area contributed by atoms with Gasteiger partial charge >= 0.3 is 0 Å². The minimum absolute atomic E-state index is 0.477. The Kier molecular flexibility index (Phi) is 3.02. The zero-order valence-electron chi connectivity index (χ0n) is 14.3. The van der Waals surface area contributed by atoms with Crippen LogP contribution >= 0.6 is 0 Å². The summed E-state index contributed by atoms with van der Waals surface area (Å²) in [7, 11) is 0. The summed E-state index contributed by atoms with van der Waals surface area (Å²) >= 11 is 0. The molecule has 4 aliphatic rings. The highest BCUT2D eigenvalue weighted by Crippen LogP contribution is 2.66. The van der Waals surface area contributed by atoms with Crippen LogP contribution in [0.25, 0.3) is 0 Å². The molecule has 4 rings (SSSR count). The van der Waals surface area contributed by atoms with Gasteiger partial charge in [-0.3, -0.25) is 0 Å². The van der Waals surface area contributed by atoms with Crippen molar-refractivity contribution >= 4 is 0 Å². The van der Waals surface area contributed by atoms with E-state index in [9.17, 15) is 0 Å². The van der Waals surface area contributed by atoms with Crippen molar-refractivity contribution in [2.75, 3.05) is 0 Å². The van der Waals surface area contributed by atoms with E-state index in [1.165, 1.54) is 51.4 Å². The molecule has 0 unspecified atom stereocenters.